The van der Waals surface area contributed by atoms with Crippen LogP contribution in [0.2, 0.25) is 0 Å². The number of esters is 1. The smallest absolute Gasteiger partial charge is 0.335 e. The van der Waals surface area contributed by atoms with E-state index < -0.39 is 12.1 Å². The van der Waals surface area contributed by atoms with Crippen LogP contribution in [-0.2, 0) is 23.0 Å². The fraction of sp³-hybridized carbons (Fsp3) is 0.556. The van der Waals surface area contributed by atoms with Gasteiger partial charge in [-0.2, -0.15) is 5.10 Å². The van der Waals surface area contributed by atoms with Crippen molar-refractivity contribution in [3.8, 4) is 0 Å². The Bertz CT molecular complexity index is 333. The van der Waals surface area contributed by atoms with Gasteiger partial charge in [-0.25, -0.2) is 4.79 Å². The van der Waals surface area contributed by atoms with Crippen molar-refractivity contribution >= 4 is 5.97 Å². The molecule has 0 aliphatic carbocycles. The number of aliphatic hydroxyl groups is 1. The minimum atomic E-state index is -1.11. The van der Waals surface area contributed by atoms with Crippen LogP contribution in [0, 0.1) is 6.92 Å². The lowest BCUT2D eigenvalue weighted by molar-refractivity contribution is -0.150. The fourth-order valence-corrected chi connectivity index (χ4v) is 1.17. The first-order valence-electron chi connectivity index (χ1n) is 4.29. The summed E-state index contributed by atoms with van der Waals surface area (Å²) in [6.07, 6.45) is 0.774. The van der Waals surface area contributed by atoms with Crippen LogP contribution in [0.15, 0.2) is 6.20 Å². The van der Waals surface area contributed by atoms with Crippen molar-refractivity contribution in [1.29, 1.82) is 0 Å². The van der Waals surface area contributed by atoms with E-state index in [1.54, 1.807) is 10.9 Å². The summed E-state index contributed by atoms with van der Waals surface area (Å²) >= 11 is 0. The molecule has 0 bridgehead atoms. The number of hydrogen-bond donors (Lipinski definition) is 1. The molecule has 0 saturated heterocycles. The monoisotopic (exact) mass is 198 g/mol. The van der Waals surface area contributed by atoms with Crippen molar-refractivity contribution in [2.75, 3.05) is 7.11 Å². The van der Waals surface area contributed by atoms with Gasteiger partial charge in [-0.05, 0) is 12.5 Å². The summed E-state index contributed by atoms with van der Waals surface area (Å²) in [4.78, 5) is 10.9. The first kappa shape index (κ1) is 10.7. The van der Waals surface area contributed by atoms with Crippen molar-refractivity contribution in [2.45, 2.75) is 19.4 Å². The maximum absolute atomic E-state index is 10.9. The number of aliphatic hydroxyl groups excluding tert-OH is 1. The molecule has 5 heteroatoms. The number of aryl methyl sites for hydroxylation is 1. The summed E-state index contributed by atoms with van der Waals surface area (Å²) in [5, 5.41) is 13.4. The van der Waals surface area contributed by atoms with Gasteiger partial charge in [0.25, 0.3) is 0 Å². The van der Waals surface area contributed by atoms with Crippen molar-refractivity contribution in [3.05, 3.63) is 17.5 Å². The van der Waals surface area contributed by atoms with Crippen LogP contribution in [0.5, 0.6) is 0 Å². The van der Waals surface area contributed by atoms with Crippen LogP contribution in [0.3, 0.4) is 0 Å². The van der Waals surface area contributed by atoms with Gasteiger partial charge in [-0.1, -0.05) is 0 Å². The zero-order chi connectivity index (χ0) is 10.7. The summed E-state index contributed by atoms with van der Waals surface area (Å²) in [6, 6.07) is 0. The standard InChI is InChI=1S/C9H14N2O3/c1-6-7(5-10-11(6)2)4-8(12)9(13)14-3/h5,8,12H,4H2,1-3H3. The normalized spacial score (nSPS) is 12.6. The van der Waals surface area contributed by atoms with Gasteiger partial charge in [-0.3, -0.25) is 4.68 Å². The number of aromatic nitrogens is 2. The van der Waals surface area contributed by atoms with Crippen LogP contribution in [-0.4, -0.2) is 34.1 Å². The number of nitrogens with zero attached hydrogens (tertiary/aromatic N) is 2. The van der Waals surface area contributed by atoms with E-state index in [1.807, 2.05) is 14.0 Å². The van der Waals surface area contributed by atoms with Crippen molar-refractivity contribution < 1.29 is 14.6 Å². The van der Waals surface area contributed by atoms with Crippen LogP contribution in [0.1, 0.15) is 11.3 Å². The predicted octanol–water partition coefficient (Wildman–Crippen LogP) is -0.195. The lowest BCUT2D eigenvalue weighted by Gasteiger charge is -2.07. The summed E-state index contributed by atoms with van der Waals surface area (Å²) in [5.74, 6) is -0.617. The molecule has 0 radical (unpaired) electrons. The lowest BCUT2D eigenvalue weighted by atomic mass is 10.1. The Morgan fingerprint density at radius 1 is 1.79 bits per heavy atom. The zero-order valence-electron chi connectivity index (χ0n) is 8.52. The van der Waals surface area contributed by atoms with E-state index in [2.05, 4.69) is 9.84 Å². The number of ether oxygens (including phenoxy) is 1. The molecule has 1 atom stereocenters. The third-order valence-corrected chi connectivity index (χ3v) is 2.22. The summed E-state index contributed by atoms with van der Waals surface area (Å²) < 4.78 is 6.11. The second-order valence-corrected chi connectivity index (χ2v) is 3.12. The Hall–Kier alpha value is -1.36. The number of hydrogen-bond acceptors (Lipinski definition) is 4. The van der Waals surface area contributed by atoms with E-state index >= 15 is 0 Å². The molecule has 0 aliphatic heterocycles. The van der Waals surface area contributed by atoms with Gasteiger partial charge in [0.05, 0.1) is 13.3 Å². The molecule has 1 N–H and O–H groups in total. The molecule has 1 aromatic rings. The van der Waals surface area contributed by atoms with Crippen molar-refractivity contribution in [3.63, 3.8) is 0 Å². The minimum Gasteiger partial charge on any atom is -0.467 e. The van der Waals surface area contributed by atoms with Gasteiger partial charge in [0.15, 0.2) is 6.10 Å². The number of carbonyl (C=O) groups is 1. The molecule has 0 aliphatic rings. The van der Waals surface area contributed by atoms with Gasteiger partial charge in [0, 0.05) is 19.2 Å². The van der Waals surface area contributed by atoms with Gasteiger partial charge in [0.2, 0.25) is 0 Å². The van der Waals surface area contributed by atoms with Crippen molar-refractivity contribution in [2.24, 2.45) is 7.05 Å². The molecule has 14 heavy (non-hydrogen) atoms. The van der Waals surface area contributed by atoms with Gasteiger partial charge < -0.3 is 9.84 Å². The molecule has 5 nitrogen and oxygen atoms in total. The summed E-state index contributed by atoms with van der Waals surface area (Å²) in [6.45, 7) is 1.88. The third kappa shape index (κ3) is 2.11. The molecule has 1 rings (SSSR count). The number of rotatable bonds is 3. The van der Waals surface area contributed by atoms with E-state index in [-0.39, 0.29) is 6.42 Å². The predicted molar refractivity (Wildman–Crippen MR) is 49.7 cm³/mol. The molecule has 0 saturated carbocycles. The molecule has 0 spiro atoms. The molecule has 78 valence electrons. The SMILES string of the molecule is COC(=O)C(O)Cc1cnn(C)c1C. The van der Waals surface area contributed by atoms with E-state index in [0.717, 1.165) is 11.3 Å². The van der Waals surface area contributed by atoms with Gasteiger partial charge in [0.1, 0.15) is 0 Å². The molecular formula is C9H14N2O3. The minimum absolute atomic E-state index is 0.242. The molecular weight excluding hydrogens is 184 g/mol. The molecule has 1 aromatic heterocycles. The second kappa shape index (κ2) is 4.23. The topological polar surface area (TPSA) is 64.3 Å². The van der Waals surface area contributed by atoms with E-state index in [0.29, 0.717) is 0 Å². The second-order valence-electron chi connectivity index (χ2n) is 3.12. The largest absolute Gasteiger partial charge is 0.467 e. The highest BCUT2D eigenvalue weighted by Gasteiger charge is 2.18. The van der Waals surface area contributed by atoms with Gasteiger partial charge >= 0.3 is 5.97 Å². The van der Waals surface area contributed by atoms with Crippen LogP contribution < -0.4 is 0 Å². The molecule has 1 unspecified atom stereocenters. The first-order chi connectivity index (χ1) is 6.56. The highest BCUT2D eigenvalue weighted by molar-refractivity contribution is 5.74. The average molecular weight is 198 g/mol. The average Bonchev–Trinajstić information content (AvgIpc) is 2.48. The quantitative estimate of drug-likeness (QED) is 0.683. The molecule has 0 fully saturated rings. The van der Waals surface area contributed by atoms with Crippen LogP contribution >= 0.6 is 0 Å². The number of carbonyl (C=O) groups excluding carboxylic acids is 1. The summed E-state index contributed by atoms with van der Waals surface area (Å²) in [7, 11) is 3.06. The van der Waals surface area contributed by atoms with E-state index in [4.69, 9.17) is 0 Å². The maximum atomic E-state index is 10.9. The summed E-state index contributed by atoms with van der Waals surface area (Å²) in [5.41, 5.74) is 1.79. The fourth-order valence-electron chi connectivity index (χ4n) is 1.17. The Morgan fingerprint density at radius 2 is 2.43 bits per heavy atom. The van der Waals surface area contributed by atoms with Crippen molar-refractivity contribution in [1.82, 2.24) is 9.78 Å². The highest BCUT2D eigenvalue weighted by atomic mass is 16.5. The molecule has 0 amide bonds. The Kier molecular flexibility index (Phi) is 3.24. The zero-order valence-corrected chi connectivity index (χ0v) is 8.52. The third-order valence-electron chi connectivity index (χ3n) is 2.22. The number of methoxy groups -OCH3 is 1. The highest BCUT2D eigenvalue weighted by Crippen LogP contribution is 2.09. The molecule has 0 aromatic carbocycles. The van der Waals surface area contributed by atoms with Crippen LogP contribution in [0.25, 0.3) is 0 Å². The van der Waals surface area contributed by atoms with E-state index in [1.165, 1.54) is 7.11 Å². The Balaban J connectivity index is 2.69. The first-order valence-corrected chi connectivity index (χ1v) is 4.29. The van der Waals surface area contributed by atoms with E-state index in [9.17, 15) is 9.90 Å². The lowest BCUT2D eigenvalue weighted by Crippen LogP contribution is -2.24. The van der Waals surface area contributed by atoms with Crippen LogP contribution in [0.4, 0.5) is 0 Å². The Morgan fingerprint density at radius 3 is 2.86 bits per heavy atom. The van der Waals surface area contributed by atoms with Gasteiger partial charge in [-0.15, -0.1) is 0 Å². The molecule has 1 heterocycles. The maximum Gasteiger partial charge on any atom is 0.335 e. The Labute approximate surface area is 82.3 Å².